The molecule has 0 aromatic rings. The molecule has 0 aliphatic rings. The van der Waals surface area contributed by atoms with E-state index in [-0.39, 0.29) is 43.8 Å². The first kappa shape index (κ1) is 90.6. The molecule has 0 heterocycles. The van der Waals surface area contributed by atoms with Gasteiger partial charge in [0.2, 0.25) is 0 Å². The van der Waals surface area contributed by atoms with E-state index in [4.69, 9.17) is 40.2 Å². The van der Waals surface area contributed by atoms with Crippen molar-refractivity contribution in [2.24, 2.45) is 0 Å². The number of halogens is 4. The smallest absolute Gasteiger partial charge is 0.412 e. The molecule has 24 N–H and O–H groups in total. The molecule has 0 amide bonds. The number of hydrogen-bond acceptors (Lipinski definition) is 8. The van der Waals surface area contributed by atoms with Crippen molar-refractivity contribution in [3.8, 4) is 0 Å². The van der Waals surface area contributed by atoms with Crippen molar-refractivity contribution >= 4 is 29.6 Å². The molecule has 0 saturated heterocycles. The quantitative estimate of drug-likeness (QED) is 0.142. The van der Waals surface area contributed by atoms with E-state index in [0.717, 1.165) is 0 Å². The molecule has 0 aliphatic carbocycles. The fourth-order valence-electron chi connectivity index (χ4n) is 0. The molecule has 0 atom stereocenters. The van der Waals surface area contributed by atoms with Crippen molar-refractivity contribution in [3.05, 3.63) is 0 Å². The molecule has 0 radical (unpaired) electrons. The van der Waals surface area contributed by atoms with Crippen LogP contribution < -0.4 is 0 Å². The topological polar surface area (TPSA) is 414 Å². The van der Waals surface area contributed by atoms with Crippen LogP contribution in [0.1, 0.15) is 0 Å². The second kappa shape index (κ2) is 79.1. The van der Waals surface area contributed by atoms with Gasteiger partial charge >= 0.3 is 29.6 Å². The predicted molar refractivity (Wildman–Crippen MR) is 74.1 cm³/mol. The Hall–Kier alpha value is -0.660. The minimum atomic E-state index is -2.67. The predicted octanol–water partition coefficient (Wildman–Crippen LogP) is -10.9. The van der Waals surface area contributed by atoms with E-state index in [1.165, 1.54) is 0 Å². The molecule has 0 spiro atoms. The Morgan fingerprint density at radius 2 is 0.292 bits per heavy atom. The first-order valence-corrected chi connectivity index (χ1v) is 2.94. The summed E-state index contributed by atoms with van der Waals surface area (Å²) in [6, 6.07) is 0. The van der Waals surface area contributed by atoms with E-state index in [1.807, 2.05) is 0 Å². The van der Waals surface area contributed by atoms with Crippen molar-refractivity contribution in [1.82, 2.24) is 0 Å². The molecule has 0 aromatic carbocycles. The fourth-order valence-corrected chi connectivity index (χ4v) is 0. The molecular formula is H24B4F4O16. The third kappa shape index (κ3) is 20300. The van der Waals surface area contributed by atoms with E-state index in [1.54, 1.807) is 0 Å². The maximum Gasteiger partial charge on any atom is 0.674 e. The van der Waals surface area contributed by atoms with E-state index in [0.29, 0.717) is 0 Å². The molecule has 0 bridgehead atoms. The van der Waals surface area contributed by atoms with Gasteiger partial charge in [-0.25, -0.2) is 0 Å². The Morgan fingerprint density at radius 3 is 0.292 bits per heavy atom. The van der Waals surface area contributed by atoms with Gasteiger partial charge in [-0.2, -0.15) is 0 Å². The summed E-state index contributed by atoms with van der Waals surface area (Å²) in [5, 5.41) is 55.6. The van der Waals surface area contributed by atoms with Gasteiger partial charge in [0.15, 0.2) is 0 Å². The summed E-state index contributed by atoms with van der Waals surface area (Å²) in [5.74, 6) is 0. The number of hydrogen-bond donors (Lipinski definition) is 8. The molecule has 0 unspecified atom stereocenters. The highest BCUT2D eigenvalue weighted by Gasteiger charge is 1.98. The van der Waals surface area contributed by atoms with E-state index < -0.39 is 29.6 Å². The maximum atomic E-state index is 10.1. The average Bonchev–Trinajstić information content (AvgIpc) is 1.76. The van der Waals surface area contributed by atoms with Gasteiger partial charge in [-0.05, 0) is 0 Å². The van der Waals surface area contributed by atoms with Gasteiger partial charge in [0.1, 0.15) is 0 Å². The third-order valence-corrected chi connectivity index (χ3v) is 0. The standard InChI is InChI=1S/4BFH2O2.8H2O/c4*2-1(3)4;;;;;;;;/h4*3-4H;8*1H2. The zero-order valence-corrected chi connectivity index (χ0v) is 11.4. The SMILES string of the molecule is O.O.O.O.O.O.O.O.OB(O)F.OB(O)F.OB(O)F.OB(O)F. The van der Waals surface area contributed by atoms with Gasteiger partial charge in [-0.1, -0.05) is 0 Å². The second-order valence-electron chi connectivity index (χ2n) is 1.24. The molecule has 0 fully saturated rings. The number of rotatable bonds is 0. The summed E-state index contributed by atoms with van der Waals surface area (Å²) in [5.41, 5.74) is 0. The molecule has 24 heteroatoms. The van der Waals surface area contributed by atoms with Crippen molar-refractivity contribution < 1.29 is 101 Å². The van der Waals surface area contributed by atoms with Crippen LogP contribution in [0.3, 0.4) is 0 Å². The van der Waals surface area contributed by atoms with E-state index >= 15 is 0 Å². The Balaban J connectivity index is -0.00000000720. The lowest BCUT2D eigenvalue weighted by Gasteiger charge is -1.65. The molecule has 0 rings (SSSR count). The van der Waals surface area contributed by atoms with Crippen molar-refractivity contribution in [1.29, 1.82) is 0 Å². The van der Waals surface area contributed by atoms with E-state index in [2.05, 4.69) is 0 Å². The van der Waals surface area contributed by atoms with Crippen LogP contribution in [0, 0.1) is 0 Å². The van der Waals surface area contributed by atoms with E-state index in [9.17, 15) is 17.3 Å². The average molecular weight is 399 g/mol. The van der Waals surface area contributed by atoms with Gasteiger partial charge in [-0.3, -0.25) is 17.3 Å². The monoisotopic (exact) mass is 400 g/mol. The van der Waals surface area contributed by atoms with Crippen molar-refractivity contribution in [3.63, 3.8) is 0 Å². The fraction of sp³-hybridized carbons (Fsp3) is 0. The van der Waals surface area contributed by atoms with Crippen LogP contribution >= 0.6 is 0 Å². The minimum absolute atomic E-state index is 0. The largest absolute Gasteiger partial charge is 0.674 e. The summed E-state index contributed by atoms with van der Waals surface area (Å²) in [6.45, 7) is 0. The highest BCUT2D eigenvalue weighted by molar-refractivity contribution is 6.32. The van der Waals surface area contributed by atoms with Crippen LogP contribution in [0.15, 0.2) is 0 Å². The first-order chi connectivity index (χ1) is 6.93. The zero-order chi connectivity index (χ0) is 14.3. The summed E-state index contributed by atoms with van der Waals surface area (Å²) >= 11 is 0. The lowest BCUT2D eigenvalue weighted by atomic mass is 10.3. The zero-order valence-electron chi connectivity index (χ0n) is 11.4. The Bertz CT molecular complexity index is 73.1. The van der Waals surface area contributed by atoms with Crippen LogP contribution in [0.2, 0.25) is 0 Å². The summed E-state index contributed by atoms with van der Waals surface area (Å²) < 4.78 is 40.4. The van der Waals surface area contributed by atoms with Gasteiger partial charge in [0, 0.05) is 0 Å². The Labute approximate surface area is 132 Å². The van der Waals surface area contributed by atoms with Gasteiger partial charge in [-0.15, -0.1) is 0 Å². The summed E-state index contributed by atoms with van der Waals surface area (Å²) in [6.07, 6.45) is 0. The summed E-state index contributed by atoms with van der Waals surface area (Å²) in [7, 11) is -10.7. The molecule has 24 heavy (non-hydrogen) atoms. The molecule has 160 valence electrons. The molecule has 16 nitrogen and oxygen atoms in total. The first-order valence-electron chi connectivity index (χ1n) is 2.94. The maximum absolute atomic E-state index is 10.1. The van der Waals surface area contributed by atoms with Crippen LogP contribution in [-0.4, -0.2) is 114 Å². The van der Waals surface area contributed by atoms with Crippen LogP contribution in [0.5, 0.6) is 0 Å². The molecule has 0 aliphatic heterocycles. The highest BCUT2D eigenvalue weighted by Crippen LogP contribution is 1.58. The lowest BCUT2D eigenvalue weighted by Crippen LogP contribution is -1.98. The van der Waals surface area contributed by atoms with Gasteiger partial charge in [0.05, 0.1) is 0 Å². The van der Waals surface area contributed by atoms with Crippen LogP contribution in [-0.2, 0) is 0 Å². The summed E-state index contributed by atoms with van der Waals surface area (Å²) in [4.78, 5) is 0. The minimum Gasteiger partial charge on any atom is -0.412 e. The highest BCUT2D eigenvalue weighted by atomic mass is 19.1. The van der Waals surface area contributed by atoms with Crippen molar-refractivity contribution in [2.45, 2.75) is 0 Å². The van der Waals surface area contributed by atoms with Crippen LogP contribution in [0.25, 0.3) is 0 Å². The molecular weight excluding hydrogens is 375 g/mol. The third-order valence-electron chi connectivity index (χ3n) is 0. The van der Waals surface area contributed by atoms with Crippen LogP contribution in [0.4, 0.5) is 17.3 Å². The Morgan fingerprint density at radius 1 is 0.292 bits per heavy atom. The normalized spacial score (nSPS) is 4.50. The second-order valence-corrected chi connectivity index (χ2v) is 1.24. The Kier molecular flexibility index (Phi) is 299. The van der Waals surface area contributed by atoms with Gasteiger partial charge < -0.3 is 84.0 Å². The molecule has 0 aromatic heterocycles. The van der Waals surface area contributed by atoms with Crippen molar-refractivity contribution in [2.75, 3.05) is 0 Å². The lowest BCUT2D eigenvalue weighted by molar-refractivity contribution is 0.338. The molecule has 0 saturated carbocycles. The van der Waals surface area contributed by atoms with Gasteiger partial charge in [0.25, 0.3) is 0 Å².